The minimum Gasteiger partial charge on any atom is -0.308 e. The van der Waals surface area contributed by atoms with Gasteiger partial charge in [-0.05, 0) is 55.4 Å². The fourth-order valence-corrected chi connectivity index (χ4v) is 3.71. The number of thiazole rings is 1. The smallest absolute Gasteiger partial charge is 0.257 e. The Balaban J connectivity index is 1.74. The van der Waals surface area contributed by atoms with Crippen LogP contribution >= 0.6 is 35.2 Å². The Hall–Kier alpha value is -2.02. The van der Waals surface area contributed by atoms with Crippen LogP contribution in [0.3, 0.4) is 0 Å². The second-order valence-electron chi connectivity index (χ2n) is 5.31. The van der Waals surface area contributed by atoms with Crippen LogP contribution < -0.4 is 10.6 Å². The molecular formula is C17H14ClN3OS2. The van der Waals surface area contributed by atoms with E-state index in [1.807, 2.05) is 19.9 Å². The number of hydrogen-bond donors (Lipinski definition) is 2. The highest BCUT2D eigenvalue weighted by Crippen LogP contribution is 2.30. The van der Waals surface area contributed by atoms with E-state index in [-0.39, 0.29) is 11.0 Å². The summed E-state index contributed by atoms with van der Waals surface area (Å²) in [6.45, 7) is 4.06. The quantitative estimate of drug-likeness (QED) is 0.638. The third kappa shape index (κ3) is 3.56. The number of carbonyl (C=O) groups is 1. The first-order chi connectivity index (χ1) is 11.4. The predicted octanol–water partition coefficient (Wildman–Crippen LogP) is 4.69. The summed E-state index contributed by atoms with van der Waals surface area (Å²) in [5.41, 5.74) is 3.66. The summed E-state index contributed by atoms with van der Waals surface area (Å²) in [7, 11) is 0. The van der Waals surface area contributed by atoms with Crippen molar-refractivity contribution < 1.29 is 4.79 Å². The van der Waals surface area contributed by atoms with Crippen molar-refractivity contribution in [1.29, 1.82) is 0 Å². The number of nitrogens with one attached hydrogen (secondary N) is 2. The maximum atomic E-state index is 12.2. The molecule has 0 unspecified atom stereocenters. The normalized spacial score (nSPS) is 10.6. The number of halogens is 1. The Kier molecular flexibility index (Phi) is 4.80. The van der Waals surface area contributed by atoms with Crippen LogP contribution in [0.25, 0.3) is 10.2 Å². The van der Waals surface area contributed by atoms with Crippen LogP contribution in [-0.4, -0.2) is 16.0 Å². The van der Waals surface area contributed by atoms with E-state index in [1.54, 1.807) is 24.3 Å². The Morgan fingerprint density at radius 3 is 2.67 bits per heavy atom. The lowest BCUT2D eigenvalue weighted by atomic mass is 10.1. The molecule has 1 aromatic heterocycles. The molecule has 0 radical (unpaired) electrons. The molecule has 2 aromatic carbocycles. The average molecular weight is 376 g/mol. The van der Waals surface area contributed by atoms with Crippen LogP contribution in [0.15, 0.2) is 36.4 Å². The number of benzene rings is 2. The van der Waals surface area contributed by atoms with Crippen molar-refractivity contribution >= 4 is 61.5 Å². The summed E-state index contributed by atoms with van der Waals surface area (Å²) in [4.78, 5) is 16.7. The highest BCUT2D eigenvalue weighted by Gasteiger charge is 2.12. The molecule has 1 amide bonds. The minimum atomic E-state index is -0.316. The average Bonchev–Trinajstić information content (AvgIpc) is 2.96. The number of nitrogens with zero attached hydrogens (tertiary/aromatic N) is 1. The van der Waals surface area contributed by atoms with Crippen molar-refractivity contribution in [2.45, 2.75) is 13.8 Å². The Bertz CT molecular complexity index is 913. The van der Waals surface area contributed by atoms with Crippen LogP contribution in [0.2, 0.25) is 5.02 Å². The number of aryl methyl sites for hydroxylation is 2. The summed E-state index contributed by atoms with van der Waals surface area (Å²) < 4.78 is 1.11. The van der Waals surface area contributed by atoms with E-state index in [9.17, 15) is 4.79 Å². The Labute approximate surface area is 153 Å². The molecule has 3 aromatic rings. The Morgan fingerprint density at radius 2 is 1.96 bits per heavy atom. The number of anilines is 1. The number of fused-ring (bicyclic) bond motifs is 1. The molecule has 0 saturated carbocycles. The maximum absolute atomic E-state index is 12.2. The van der Waals surface area contributed by atoms with E-state index in [0.717, 1.165) is 21.3 Å². The molecular weight excluding hydrogens is 362 g/mol. The van der Waals surface area contributed by atoms with Gasteiger partial charge in [0.1, 0.15) is 0 Å². The molecule has 0 bridgehead atoms. The number of rotatable bonds is 2. The lowest BCUT2D eigenvalue weighted by Crippen LogP contribution is -2.34. The number of amides is 1. The maximum Gasteiger partial charge on any atom is 0.257 e. The second kappa shape index (κ2) is 6.84. The molecule has 0 aliphatic rings. The monoisotopic (exact) mass is 375 g/mol. The van der Waals surface area contributed by atoms with Crippen LogP contribution in [-0.2, 0) is 0 Å². The number of thiocarbonyl (C=S) groups is 1. The zero-order valence-corrected chi connectivity index (χ0v) is 15.4. The van der Waals surface area contributed by atoms with Crippen molar-refractivity contribution in [2.75, 3.05) is 5.32 Å². The van der Waals surface area contributed by atoms with Gasteiger partial charge in [-0.1, -0.05) is 41.1 Å². The molecule has 0 spiro atoms. The van der Waals surface area contributed by atoms with Gasteiger partial charge in [0.25, 0.3) is 5.91 Å². The van der Waals surface area contributed by atoms with Crippen molar-refractivity contribution in [1.82, 2.24) is 10.3 Å². The van der Waals surface area contributed by atoms with Gasteiger partial charge in [0.2, 0.25) is 0 Å². The van der Waals surface area contributed by atoms with Crippen molar-refractivity contribution in [3.63, 3.8) is 0 Å². The lowest BCUT2D eigenvalue weighted by Gasteiger charge is -2.07. The van der Waals surface area contributed by atoms with Gasteiger partial charge in [-0.25, -0.2) is 4.98 Å². The predicted molar refractivity (Wildman–Crippen MR) is 104 cm³/mol. The van der Waals surface area contributed by atoms with E-state index in [1.165, 1.54) is 11.3 Å². The molecule has 3 rings (SSSR count). The zero-order valence-electron chi connectivity index (χ0n) is 13.0. The highest BCUT2D eigenvalue weighted by atomic mass is 35.5. The van der Waals surface area contributed by atoms with Crippen LogP contribution in [0.4, 0.5) is 5.13 Å². The van der Waals surface area contributed by atoms with Crippen molar-refractivity contribution in [3.05, 3.63) is 58.1 Å². The number of carbonyl (C=O) groups excluding carboxylic acids is 1. The van der Waals surface area contributed by atoms with Crippen molar-refractivity contribution in [2.24, 2.45) is 0 Å². The summed E-state index contributed by atoms with van der Waals surface area (Å²) in [6, 6.07) is 10.8. The lowest BCUT2D eigenvalue weighted by molar-refractivity contribution is 0.0977. The van der Waals surface area contributed by atoms with Gasteiger partial charge in [0.05, 0.1) is 10.2 Å². The molecule has 0 atom stereocenters. The van der Waals surface area contributed by atoms with E-state index in [0.29, 0.717) is 15.7 Å². The van der Waals surface area contributed by atoms with Crippen LogP contribution in [0.1, 0.15) is 21.5 Å². The molecule has 1 heterocycles. The minimum absolute atomic E-state index is 0.203. The third-order valence-electron chi connectivity index (χ3n) is 3.48. The summed E-state index contributed by atoms with van der Waals surface area (Å²) in [6.07, 6.45) is 0. The largest absolute Gasteiger partial charge is 0.308 e. The molecule has 7 heteroatoms. The first-order valence-electron chi connectivity index (χ1n) is 7.18. The number of aromatic nitrogens is 1. The van der Waals surface area contributed by atoms with E-state index < -0.39 is 0 Å². The van der Waals surface area contributed by atoms with Gasteiger partial charge >= 0.3 is 0 Å². The fourth-order valence-electron chi connectivity index (χ4n) is 2.25. The first-order valence-corrected chi connectivity index (χ1v) is 8.79. The molecule has 0 fully saturated rings. The fraction of sp³-hybridized carbons (Fsp3) is 0.118. The SMILES string of the molecule is Cc1ccc(C)c2sc(NC(=S)NC(=O)c3cccc(Cl)c3)nc12. The van der Waals surface area contributed by atoms with E-state index in [2.05, 4.69) is 21.7 Å². The van der Waals surface area contributed by atoms with Gasteiger partial charge in [0, 0.05) is 10.6 Å². The van der Waals surface area contributed by atoms with Crippen LogP contribution in [0.5, 0.6) is 0 Å². The first kappa shape index (κ1) is 16.8. The molecule has 122 valence electrons. The van der Waals surface area contributed by atoms with Gasteiger partial charge in [-0.3, -0.25) is 10.1 Å². The van der Waals surface area contributed by atoms with Crippen LogP contribution in [0, 0.1) is 13.8 Å². The molecule has 0 aliphatic heterocycles. The zero-order chi connectivity index (χ0) is 17.3. The van der Waals surface area contributed by atoms with Gasteiger partial charge < -0.3 is 5.32 Å². The van der Waals surface area contributed by atoms with Gasteiger partial charge in [-0.2, -0.15) is 0 Å². The van der Waals surface area contributed by atoms with E-state index in [4.69, 9.17) is 23.8 Å². The number of hydrogen-bond acceptors (Lipinski definition) is 4. The molecule has 2 N–H and O–H groups in total. The molecule has 4 nitrogen and oxygen atoms in total. The van der Waals surface area contributed by atoms with Gasteiger partial charge in [0.15, 0.2) is 10.2 Å². The summed E-state index contributed by atoms with van der Waals surface area (Å²) in [5, 5.41) is 6.96. The summed E-state index contributed by atoms with van der Waals surface area (Å²) in [5.74, 6) is -0.316. The van der Waals surface area contributed by atoms with Crippen molar-refractivity contribution in [3.8, 4) is 0 Å². The van der Waals surface area contributed by atoms with Gasteiger partial charge in [-0.15, -0.1) is 0 Å². The second-order valence-corrected chi connectivity index (χ2v) is 7.16. The standard InChI is InChI=1S/C17H14ClN3OS2/c1-9-6-7-10(2)14-13(9)19-17(24-14)21-16(23)20-15(22)11-4-3-5-12(18)8-11/h3-8H,1-2H3,(H2,19,20,21,22,23). The van der Waals surface area contributed by atoms with E-state index >= 15 is 0 Å². The summed E-state index contributed by atoms with van der Waals surface area (Å²) >= 11 is 12.6. The topological polar surface area (TPSA) is 54.0 Å². The Morgan fingerprint density at radius 1 is 1.21 bits per heavy atom. The highest BCUT2D eigenvalue weighted by molar-refractivity contribution is 7.80. The molecule has 0 saturated heterocycles. The third-order valence-corrected chi connectivity index (χ3v) is 5.02. The molecule has 0 aliphatic carbocycles. The molecule has 24 heavy (non-hydrogen) atoms.